The molecule has 0 aliphatic carbocycles. The van der Waals surface area contributed by atoms with Gasteiger partial charge >= 0.3 is 18.0 Å². The molecule has 1 aliphatic heterocycles. The van der Waals surface area contributed by atoms with Gasteiger partial charge < -0.3 is 19.6 Å². The van der Waals surface area contributed by atoms with E-state index in [9.17, 15) is 23.3 Å². The third-order valence-corrected chi connectivity index (χ3v) is 3.73. The summed E-state index contributed by atoms with van der Waals surface area (Å²) < 4.78 is 50.0. The average molecular weight is 357 g/mol. The van der Waals surface area contributed by atoms with Crippen LogP contribution in [-0.2, 0) is 24.1 Å². The lowest BCUT2D eigenvalue weighted by Gasteiger charge is -2.21. The number of rotatable bonds is 5. The van der Waals surface area contributed by atoms with Crippen molar-refractivity contribution in [3.8, 4) is 6.01 Å². The molecule has 0 spiro atoms. The number of fused-ring (bicyclic) bond motifs is 1. The first-order chi connectivity index (χ1) is 11.8. The van der Waals surface area contributed by atoms with Crippen molar-refractivity contribution in [1.82, 2.24) is 9.55 Å². The Hall–Kier alpha value is -2.62. The lowest BCUT2D eigenvalue weighted by molar-refractivity contribution is -0.389. The van der Waals surface area contributed by atoms with Crippen LogP contribution >= 0.6 is 0 Å². The van der Waals surface area contributed by atoms with Crippen LogP contribution in [0.5, 0.6) is 6.01 Å². The SMILES string of the molecule is O=[N+]([O-])c1cn2c(n1)OC(COCc1ccc(C(F)(F)F)cc1)CC2. The normalized spacial score (nSPS) is 17.0. The van der Waals surface area contributed by atoms with E-state index < -0.39 is 16.7 Å². The van der Waals surface area contributed by atoms with Crippen LogP contribution in [0, 0.1) is 10.1 Å². The number of aromatic nitrogens is 2. The van der Waals surface area contributed by atoms with Crippen LogP contribution in [-0.4, -0.2) is 27.2 Å². The van der Waals surface area contributed by atoms with E-state index in [4.69, 9.17) is 9.47 Å². The third-order valence-electron chi connectivity index (χ3n) is 3.73. The van der Waals surface area contributed by atoms with Gasteiger partial charge in [0.05, 0.1) is 18.8 Å². The topological polar surface area (TPSA) is 79.4 Å². The van der Waals surface area contributed by atoms with Gasteiger partial charge in [-0.3, -0.25) is 4.57 Å². The number of hydrogen-bond donors (Lipinski definition) is 0. The average Bonchev–Trinajstić information content (AvgIpc) is 2.98. The Kier molecular flexibility index (Phi) is 4.62. The van der Waals surface area contributed by atoms with Gasteiger partial charge in [-0.25, -0.2) is 0 Å². The van der Waals surface area contributed by atoms with E-state index in [0.29, 0.717) is 18.5 Å². The van der Waals surface area contributed by atoms with E-state index in [-0.39, 0.29) is 31.1 Å². The van der Waals surface area contributed by atoms with E-state index in [2.05, 4.69) is 4.98 Å². The summed E-state index contributed by atoms with van der Waals surface area (Å²) in [5.74, 6) is -0.277. The molecule has 0 bridgehead atoms. The molecule has 0 fully saturated rings. The molecule has 1 atom stereocenters. The quantitative estimate of drug-likeness (QED) is 0.607. The molecule has 0 N–H and O–H groups in total. The van der Waals surface area contributed by atoms with Gasteiger partial charge in [-0.1, -0.05) is 12.1 Å². The number of nitrogens with zero attached hydrogens (tertiary/aromatic N) is 3. The highest BCUT2D eigenvalue weighted by Gasteiger charge is 2.30. The van der Waals surface area contributed by atoms with Gasteiger partial charge in [0.25, 0.3) is 0 Å². The fourth-order valence-corrected chi connectivity index (χ4v) is 2.43. The zero-order valence-corrected chi connectivity index (χ0v) is 12.9. The van der Waals surface area contributed by atoms with Crippen LogP contribution in [0.2, 0.25) is 0 Å². The zero-order valence-electron chi connectivity index (χ0n) is 12.9. The van der Waals surface area contributed by atoms with Crippen LogP contribution in [0.15, 0.2) is 30.5 Å². The van der Waals surface area contributed by atoms with Crippen LogP contribution < -0.4 is 4.74 Å². The van der Waals surface area contributed by atoms with Gasteiger partial charge in [-0.05, 0) is 22.6 Å². The van der Waals surface area contributed by atoms with E-state index in [0.717, 1.165) is 12.1 Å². The second kappa shape index (κ2) is 6.71. The van der Waals surface area contributed by atoms with Gasteiger partial charge in [0.2, 0.25) is 0 Å². The number of imidazole rings is 1. The first-order valence-corrected chi connectivity index (χ1v) is 7.45. The maximum absolute atomic E-state index is 12.5. The molecule has 1 aliphatic rings. The number of benzene rings is 1. The van der Waals surface area contributed by atoms with Crippen molar-refractivity contribution >= 4 is 5.82 Å². The molecule has 1 aromatic heterocycles. The highest BCUT2D eigenvalue weighted by molar-refractivity contribution is 5.24. The molecule has 10 heteroatoms. The maximum atomic E-state index is 12.5. The summed E-state index contributed by atoms with van der Waals surface area (Å²) in [4.78, 5) is 13.9. The number of halogens is 3. The minimum atomic E-state index is -4.36. The van der Waals surface area contributed by atoms with E-state index in [1.165, 1.54) is 18.3 Å². The van der Waals surface area contributed by atoms with Gasteiger partial charge in [0, 0.05) is 17.9 Å². The minimum absolute atomic E-state index is 0.145. The molecule has 0 saturated heterocycles. The van der Waals surface area contributed by atoms with Crippen LogP contribution in [0.1, 0.15) is 17.5 Å². The Morgan fingerprint density at radius 2 is 2.08 bits per heavy atom. The van der Waals surface area contributed by atoms with Crippen molar-refractivity contribution < 1.29 is 27.6 Å². The van der Waals surface area contributed by atoms with Crippen molar-refractivity contribution in [2.24, 2.45) is 0 Å². The Balaban J connectivity index is 1.50. The first-order valence-electron chi connectivity index (χ1n) is 7.45. The molecule has 2 aromatic rings. The molecule has 7 nitrogen and oxygen atoms in total. The Bertz CT molecular complexity index is 758. The minimum Gasteiger partial charge on any atom is -0.440 e. The van der Waals surface area contributed by atoms with Crippen molar-refractivity contribution in [3.63, 3.8) is 0 Å². The van der Waals surface area contributed by atoms with Crippen molar-refractivity contribution in [3.05, 3.63) is 51.7 Å². The summed E-state index contributed by atoms with van der Waals surface area (Å²) in [5.41, 5.74) is -0.0961. The second-order valence-corrected chi connectivity index (χ2v) is 5.57. The number of nitro groups is 1. The predicted octanol–water partition coefficient (Wildman–Crippen LogP) is 3.18. The third kappa shape index (κ3) is 4.08. The van der Waals surface area contributed by atoms with Gasteiger partial charge in [-0.2, -0.15) is 13.2 Å². The van der Waals surface area contributed by atoms with Crippen molar-refractivity contribution in [2.45, 2.75) is 31.9 Å². The van der Waals surface area contributed by atoms with E-state index in [1.54, 1.807) is 4.57 Å². The molecule has 0 amide bonds. The van der Waals surface area contributed by atoms with Gasteiger partial charge in [0.1, 0.15) is 12.3 Å². The molecular weight excluding hydrogens is 343 g/mol. The molecule has 25 heavy (non-hydrogen) atoms. The fourth-order valence-electron chi connectivity index (χ4n) is 2.43. The van der Waals surface area contributed by atoms with Gasteiger partial charge in [0.15, 0.2) is 0 Å². The van der Waals surface area contributed by atoms with Crippen LogP contribution in [0.3, 0.4) is 0 Å². The number of ether oxygens (including phenoxy) is 2. The van der Waals surface area contributed by atoms with Crippen LogP contribution in [0.25, 0.3) is 0 Å². The zero-order chi connectivity index (χ0) is 18.0. The molecule has 0 radical (unpaired) electrons. The highest BCUT2D eigenvalue weighted by Crippen LogP contribution is 2.29. The summed E-state index contributed by atoms with van der Waals surface area (Å²) in [6.45, 7) is 0.874. The second-order valence-electron chi connectivity index (χ2n) is 5.57. The van der Waals surface area contributed by atoms with Crippen molar-refractivity contribution in [2.75, 3.05) is 6.61 Å². The summed E-state index contributed by atoms with van der Waals surface area (Å²) in [6, 6.07) is 4.90. The Morgan fingerprint density at radius 3 is 2.72 bits per heavy atom. The first kappa shape index (κ1) is 17.2. The monoisotopic (exact) mass is 357 g/mol. The number of aryl methyl sites for hydroxylation is 1. The summed E-state index contributed by atoms with van der Waals surface area (Å²) in [5, 5.41) is 10.7. The summed E-state index contributed by atoms with van der Waals surface area (Å²) >= 11 is 0. The maximum Gasteiger partial charge on any atom is 0.416 e. The smallest absolute Gasteiger partial charge is 0.416 e. The molecule has 134 valence electrons. The largest absolute Gasteiger partial charge is 0.440 e. The molecule has 2 heterocycles. The highest BCUT2D eigenvalue weighted by atomic mass is 19.4. The lowest BCUT2D eigenvalue weighted by atomic mass is 10.1. The summed E-state index contributed by atoms with van der Waals surface area (Å²) in [6.07, 6.45) is -2.77. The Morgan fingerprint density at radius 1 is 1.36 bits per heavy atom. The lowest BCUT2D eigenvalue weighted by Crippen LogP contribution is -2.30. The molecule has 1 unspecified atom stereocenters. The number of alkyl halides is 3. The molecule has 3 rings (SSSR count). The molecule has 1 aromatic carbocycles. The number of hydrogen-bond acceptors (Lipinski definition) is 5. The van der Waals surface area contributed by atoms with Crippen LogP contribution in [0.4, 0.5) is 19.0 Å². The standard InChI is InChI=1S/C15H14F3N3O4/c16-15(17,18)11-3-1-10(2-4-11)8-24-9-12-5-6-20-7-13(21(22)23)19-14(20)25-12/h1-4,7,12H,5-6,8-9H2. The Labute approximate surface area is 140 Å². The molecule has 0 saturated carbocycles. The van der Waals surface area contributed by atoms with Gasteiger partial charge in [-0.15, -0.1) is 0 Å². The van der Waals surface area contributed by atoms with Crippen molar-refractivity contribution in [1.29, 1.82) is 0 Å². The molecular formula is C15H14F3N3O4. The van der Waals surface area contributed by atoms with E-state index in [1.807, 2.05) is 0 Å². The fraction of sp³-hybridized carbons (Fsp3) is 0.400. The summed E-state index contributed by atoms with van der Waals surface area (Å²) in [7, 11) is 0. The van der Waals surface area contributed by atoms with E-state index >= 15 is 0 Å². The predicted molar refractivity (Wildman–Crippen MR) is 79.0 cm³/mol.